The second kappa shape index (κ2) is 10.3. The molecule has 3 heterocycles. The largest absolute Gasteiger partial charge is 0.504 e. The monoisotopic (exact) mass is 554 g/mol. The van der Waals surface area contributed by atoms with Crippen LogP contribution in [-0.2, 0) is 28.5 Å². The summed E-state index contributed by atoms with van der Waals surface area (Å²) >= 11 is 0. The molecule has 11 unspecified atom stereocenters. The number of methoxy groups -OCH3 is 1. The number of hydrogen-bond donors (Lipinski definition) is 7. The van der Waals surface area contributed by atoms with Crippen molar-refractivity contribution in [2.45, 2.75) is 60.4 Å². The molecule has 7 N–H and O–H groups in total. The molecule has 0 aromatic heterocycles. The van der Waals surface area contributed by atoms with Gasteiger partial charge in [0, 0.05) is 6.08 Å². The number of esters is 1. The zero-order valence-corrected chi connectivity index (χ0v) is 20.6. The van der Waals surface area contributed by atoms with E-state index in [-0.39, 0.29) is 11.5 Å². The van der Waals surface area contributed by atoms with Crippen molar-refractivity contribution in [3.8, 4) is 11.5 Å². The molecule has 0 radical (unpaired) electrons. The number of epoxide rings is 1. The molecular formula is C25H30O14. The number of phenolic OH excluding ortho intramolecular Hbond substituents is 1. The number of carbonyl (C=O) groups is 1. The Kier molecular flexibility index (Phi) is 7.34. The van der Waals surface area contributed by atoms with Gasteiger partial charge < -0.3 is 64.2 Å². The second-order valence-corrected chi connectivity index (χ2v) is 9.81. The number of aliphatic hydroxyl groups is 6. The molecular weight excluding hydrogens is 524 g/mol. The minimum absolute atomic E-state index is 0.0716. The lowest BCUT2D eigenvalue weighted by Crippen LogP contribution is -2.62. The highest BCUT2D eigenvalue weighted by Gasteiger charge is 2.81. The number of ether oxygens (including phenoxy) is 6. The van der Waals surface area contributed by atoms with Crippen LogP contribution in [-0.4, -0.2) is 122 Å². The first-order chi connectivity index (χ1) is 18.6. The molecule has 1 aliphatic carbocycles. The fourth-order valence-corrected chi connectivity index (χ4v) is 5.37. The van der Waals surface area contributed by atoms with E-state index in [0.29, 0.717) is 5.56 Å². The quantitative estimate of drug-likeness (QED) is 0.100. The second-order valence-electron chi connectivity index (χ2n) is 9.81. The maximum absolute atomic E-state index is 12.2. The maximum atomic E-state index is 12.2. The molecule has 3 aliphatic heterocycles. The van der Waals surface area contributed by atoms with Crippen molar-refractivity contribution in [1.82, 2.24) is 0 Å². The Labute approximate surface area is 221 Å². The molecule has 14 heteroatoms. The van der Waals surface area contributed by atoms with Gasteiger partial charge >= 0.3 is 5.97 Å². The number of aliphatic hydroxyl groups excluding tert-OH is 5. The summed E-state index contributed by atoms with van der Waals surface area (Å²) in [6.07, 6.45) is -7.00. The predicted octanol–water partition coefficient (Wildman–Crippen LogP) is -2.50. The van der Waals surface area contributed by atoms with Crippen molar-refractivity contribution < 1.29 is 69.0 Å². The van der Waals surface area contributed by atoms with Crippen molar-refractivity contribution in [2.24, 2.45) is 5.92 Å². The SMILES string of the molecule is COc1cc(C=CC(=O)OCC2OC(OC3OC=CC4(O)C(O)C5OC5(CO)C34)C(O)C(O)C2O)ccc1O. The lowest BCUT2D eigenvalue weighted by Gasteiger charge is -2.45. The van der Waals surface area contributed by atoms with E-state index in [2.05, 4.69) is 0 Å². The lowest BCUT2D eigenvalue weighted by molar-refractivity contribution is -0.350. The molecule has 39 heavy (non-hydrogen) atoms. The average molecular weight is 555 g/mol. The van der Waals surface area contributed by atoms with E-state index in [1.54, 1.807) is 0 Å². The molecule has 5 rings (SSSR count). The van der Waals surface area contributed by atoms with Gasteiger partial charge in [-0.1, -0.05) is 6.07 Å². The minimum atomic E-state index is -1.87. The number of benzene rings is 1. The summed E-state index contributed by atoms with van der Waals surface area (Å²) in [5, 5.41) is 72.4. The molecule has 11 atom stereocenters. The predicted molar refractivity (Wildman–Crippen MR) is 126 cm³/mol. The van der Waals surface area contributed by atoms with E-state index in [1.807, 2.05) is 0 Å². The summed E-state index contributed by atoms with van der Waals surface area (Å²) in [5.74, 6) is -1.81. The molecule has 2 saturated heterocycles. The average Bonchev–Trinajstić information content (AvgIpc) is 3.62. The van der Waals surface area contributed by atoms with Gasteiger partial charge in [0.25, 0.3) is 0 Å². The zero-order valence-electron chi connectivity index (χ0n) is 20.6. The van der Waals surface area contributed by atoms with Crippen molar-refractivity contribution in [1.29, 1.82) is 0 Å². The Hall–Kier alpha value is -2.79. The van der Waals surface area contributed by atoms with E-state index >= 15 is 0 Å². The van der Waals surface area contributed by atoms with Gasteiger partial charge in [-0.05, 0) is 29.8 Å². The molecule has 0 bridgehead atoms. The Morgan fingerprint density at radius 1 is 1.13 bits per heavy atom. The van der Waals surface area contributed by atoms with Crippen LogP contribution in [0, 0.1) is 5.92 Å². The van der Waals surface area contributed by atoms with Gasteiger partial charge in [-0.15, -0.1) is 0 Å². The van der Waals surface area contributed by atoms with Gasteiger partial charge in [0.2, 0.25) is 6.29 Å². The van der Waals surface area contributed by atoms with Gasteiger partial charge in [-0.2, -0.15) is 0 Å². The highest BCUT2D eigenvalue weighted by Crippen LogP contribution is 2.61. The Bertz CT molecular complexity index is 1140. The third-order valence-corrected chi connectivity index (χ3v) is 7.57. The fraction of sp³-hybridized carbons (Fsp3) is 0.560. The lowest BCUT2D eigenvalue weighted by atomic mass is 9.81. The molecule has 1 aromatic carbocycles. The number of carbonyl (C=O) groups excluding carboxylic acids is 1. The van der Waals surface area contributed by atoms with E-state index in [1.165, 1.54) is 37.5 Å². The minimum Gasteiger partial charge on any atom is -0.504 e. The summed E-state index contributed by atoms with van der Waals surface area (Å²) in [6, 6.07) is 4.42. The van der Waals surface area contributed by atoms with Crippen LogP contribution in [0.15, 0.2) is 36.6 Å². The van der Waals surface area contributed by atoms with E-state index in [9.17, 15) is 40.5 Å². The fourth-order valence-electron chi connectivity index (χ4n) is 5.37. The van der Waals surface area contributed by atoms with Gasteiger partial charge in [-0.3, -0.25) is 0 Å². The first kappa shape index (κ1) is 27.8. The smallest absolute Gasteiger partial charge is 0.330 e. The molecule has 3 fully saturated rings. The Morgan fingerprint density at radius 3 is 2.62 bits per heavy atom. The third-order valence-electron chi connectivity index (χ3n) is 7.57. The summed E-state index contributed by atoms with van der Waals surface area (Å²) < 4.78 is 32.3. The van der Waals surface area contributed by atoms with Crippen LogP contribution in [0.2, 0.25) is 0 Å². The van der Waals surface area contributed by atoms with Crippen LogP contribution in [0.1, 0.15) is 5.56 Å². The summed E-state index contributed by atoms with van der Waals surface area (Å²) in [5.41, 5.74) is -2.69. The highest BCUT2D eigenvalue weighted by atomic mass is 16.8. The van der Waals surface area contributed by atoms with Crippen LogP contribution in [0.4, 0.5) is 0 Å². The topological polar surface area (TPSA) is 217 Å². The molecule has 0 spiro atoms. The number of rotatable bonds is 8. The van der Waals surface area contributed by atoms with Gasteiger partial charge in [0.05, 0.1) is 25.9 Å². The van der Waals surface area contributed by atoms with Crippen molar-refractivity contribution in [3.63, 3.8) is 0 Å². The first-order valence-electron chi connectivity index (χ1n) is 12.1. The molecule has 0 amide bonds. The summed E-state index contributed by atoms with van der Waals surface area (Å²) in [7, 11) is 1.38. The van der Waals surface area contributed by atoms with Gasteiger partial charge in [0.15, 0.2) is 17.8 Å². The van der Waals surface area contributed by atoms with Crippen molar-refractivity contribution in [2.75, 3.05) is 20.3 Å². The Balaban J connectivity index is 1.23. The van der Waals surface area contributed by atoms with Crippen LogP contribution in [0.5, 0.6) is 11.5 Å². The van der Waals surface area contributed by atoms with Gasteiger partial charge in [0.1, 0.15) is 54.4 Å². The zero-order chi connectivity index (χ0) is 28.1. The van der Waals surface area contributed by atoms with E-state index < -0.39 is 85.5 Å². The molecule has 1 saturated carbocycles. The normalized spacial score (nSPS) is 42.5. The summed E-state index contributed by atoms with van der Waals surface area (Å²) in [4.78, 5) is 12.2. The van der Waals surface area contributed by atoms with E-state index in [0.717, 1.165) is 12.3 Å². The van der Waals surface area contributed by atoms with Crippen molar-refractivity contribution >= 4 is 12.0 Å². The molecule has 14 nitrogen and oxygen atoms in total. The number of phenols is 1. The van der Waals surface area contributed by atoms with Crippen LogP contribution in [0.3, 0.4) is 0 Å². The molecule has 1 aromatic rings. The maximum Gasteiger partial charge on any atom is 0.330 e. The highest BCUT2D eigenvalue weighted by molar-refractivity contribution is 5.87. The van der Waals surface area contributed by atoms with Gasteiger partial charge in [-0.25, -0.2) is 4.79 Å². The molecule has 214 valence electrons. The number of hydrogen-bond acceptors (Lipinski definition) is 14. The van der Waals surface area contributed by atoms with Crippen molar-refractivity contribution in [3.05, 3.63) is 42.2 Å². The van der Waals surface area contributed by atoms with E-state index in [4.69, 9.17) is 28.4 Å². The number of aromatic hydroxyl groups is 1. The first-order valence-corrected chi connectivity index (χ1v) is 12.1. The van der Waals surface area contributed by atoms with Crippen LogP contribution >= 0.6 is 0 Å². The number of fused-ring (bicyclic) bond motifs is 3. The third kappa shape index (κ3) is 4.67. The summed E-state index contributed by atoms with van der Waals surface area (Å²) in [6.45, 7) is -1.09. The molecule has 4 aliphatic rings. The standard InChI is InChI=1S/C25H30O14/c1-34-13-8-11(2-4-12(13)27)3-5-15(28)36-9-14-16(29)17(30)18(31)22(37-14)38-23-19-24(33,6-7-35-23)20(32)21-25(19,10-26)39-21/h2-8,14,16-23,26-27,29-33H,9-10H2,1H3. The van der Waals surface area contributed by atoms with Crippen LogP contribution < -0.4 is 4.74 Å². The Morgan fingerprint density at radius 2 is 1.90 bits per heavy atom. The van der Waals surface area contributed by atoms with Crippen LogP contribution in [0.25, 0.3) is 6.08 Å².